The average molecular weight is 342 g/mol. The molecule has 0 saturated heterocycles. The van der Waals surface area contributed by atoms with E-state index in [2.05, 4.69) is 4.74 Å². The molecule has 106 valence electrons. The number of hydrogen-bond acceptors (Lipinski definition) is 4. The molecule has 0 fully saturated rings. The van der Waals surface area contributed by atoms with Crippen LogP contribution in [0.25, 0.3) is 0 Å². The van der Waals surface area contributed by atoms with Crippen LogP contribution in [-0.4, -0.2) is 19.1 Å². The van der Waals surface area contributed by atoms with E-state index in [1.54, 1.807) is 0 Å². The first-order valence-corrected chi connectivity index (χ1v) is 5.79. The molecule has 0 atom stereocenters. The fraction of sp³-hybridized carbons (Fsp3) is 0.111. The Bertz CT molecular complexity index is 611. The molecule has 11 heteroatoms. The van der Waals surface area contributed by atoms with Gasteiger partial charge in [-0.3, -0.25) is 0 Å². The van der Waals surface area contributed by atoms with E-state index in [0.29, 0.717) is 6.07 Å². The van der Waals surface area contributed by atoms with E-state index in [1.165, 1.54) is 0 Å². The van der Waals surface area contributed by atoms with Gasteiger partial charge in [0, 0.05) is 0 Å². The Morgan fingerprint density at radius 3 is 2.20 bits per heavy atom. The Labute approximate surface area is 152 Å². The van der Waals surface area contributed by atoms with Gasteiger partial charge in [0.05, 0.1) is 4.90 Å². The molecule has 0 radical (unpaired) electrons. The predicted molar refractivity (Wildman–Crippen MR) is 50.3 cm³/mol. The average Bonchev–Trinajstić information content (AvgIpc) is 2.26. The van der Waals surface area contributed by atoms with Gasteiger partial charge in [0.2, 0.25) is 0 Å². The molecular weight excluding hydrogens is 338 g/mol. The molecule has 1 aromatic rings. The summed E-state index contributed by atoms with van der Waals surface area (Å²) in [5.41, 5.74) is 0. The Balaban J connectivity index is 0.00000361. The van der Waals surface area contributed by atoms with Crippen LogP contribution in [0.3, 0.4) is 0 Å². The van der Waals surface area contributed by atoms with Gasteiger partial charge in [-0.1, -0.05) is 6.07 Å². The van der Waals surface area contributed by atoms with Crippen molar-refractivity contribution in [2.24, 2.45) is 0 Å². The Morgan fingerprint density at radius 1 is 1.20 bits per heavy atom. The van der Waals surface area contributed by atoms with Crippen molar-refractivity contribution in [3.8, 4) is 5.75 Å². The van der Waals surface area contributed by atoms with Crippen molar-refractivity contribution in [1.29, 1.82) is 0 Å². The predicted octanol–water partition coefficient (Wildman–Crippen LogP) is -0.356. The van der Waals surface area contributed by atoms with E-state index in [4.69, 9.17) is 0 Å². The zero-order valence-corrected chi connectivity index (χ0v) is 13.7. The van der Waals surface area contributed by atoms with Crippen molar-refractivity contribution in [3.63, 3.8) is 0 Å². The number of benzene rings is 1. The molecule has 0 bridgehead atoms. The van der Waals surface area contributed by atoms with Crippen LogP contribution < -0.4 is 56.1 Å². The molecule has 0 amide bonds. The smallest absolute Gasteiger partial charge is 0.744 e. The van der Waals surface area contributed by atoms with Crippen LogP contribution in [0.5, 0.6) is 5.75 Å². The number of ether oxygens (including phenoxy) is 1. The normalized spacial score (nSPS) is 13.3. The molecule has 0 aliphatic heterocycles. The van der Waals surface area contributed by atoms with E-state index in [-0.39, 0.29) is 51.4 Å². The van der Waals surface area contributed by atoms with Crippen LogP contribution in [0.2, 0.25) is 0 Å². The molecular formula is C9H4F5KO4S. The summed E-state index contributed by atoms with van der Waals surface area (Å²) in [6, 6.07) is 0.451. The molecule has 1 aromatic carbocycles. The van der Waals surface area contributed by atoms with E-state index in [1.807, 2.05) is 0 Å². The van der Waals surface area contributed by atoms with Crippen molar-refractivity contribution in [1.82, 2.24) is 0 Å². The van der Waals surface area contributed by atoms with E-state index in [0.717, 1.165) is 18.2 Å². The zero-order valence-electron chi connectivity index (χ0n) is 9.74. The minimum absolute atomic E-state index is 0. The molecule has 0 aliphatic rings. The summed E-state index contributed by atoms with van der Waals surface area (Å²) in [6.07, 6.45) is -5.58. The second-order valence-corrected chi connectivity index (χ2v) is 4.50. The molecule has 0 saturated carbocycles. The van der Waals surface area contributed by atoms with E-state index >= 15 is 0 Å². The van der Waals surface area contributed by atoms with Gasteiger partial charge in [0.1, 0.15) is 15.9 Å². The van der Waals surface area contributed by atoms with Gasteiger partial charge in [-0.15, -0.1) is 0 Å². The Morgan fingerprint density at radius 2 is 1.75 bits per heavy atom. The first kappa shape index (κ1) is 20.0. The van der Waals surface area contributed by atoms with Crippen molar-refractivity contribution in [3.05, 3.63) is 36.1 Å². The first-order chi connectivity index (χ1) is 8.51. The van der Waals surface area contributed by atoms with Gasteiger partial charge in [0.25, 0.3) is 5.83 Å². The van der Waals surface area contributed by atoms with Crippen LogP contribution in [0.15, 0.2) is 41.0 Å². The Kier molecular flexibility index (Phi) is 7.27. The molecule has 0 N–H and O–H groups in total. The van der Waals surface area contributed by atoms with E-state index < -0.39 is 38.8 Å². The summed E-state index contributed by atoms with van der Waals surface area (Å²) < 4.78 is 96.1. The molecule has 0 unspecified atom stereocenters. The maximum absolute atomic E-state index is 12.7. The van der Waals surface area contributed by atoms with Gasteiger partial charge in [0.15, 0.2) is 0 Å². The molecule has 1 rings (SSSR count). The largest absolute Gasteiger partial charge is 1.00 e. The number of allylic oxidation sites excluding steroid dienone is 1. The van der Waals surface area contributed by atoms with Crippen molar-refractivity contribution in [2.45, 2.75) is 11.1 Å². The fourth-order valence-corrected chi connectivity index (χ4v) is 1.46. The molecule has 0 aromatic heterocycles. The van der Waals surface area contributed by atoms with Crippen LogP contribution >= 0.6 is 0 Å². The van der Waals surface area contributed by atoms with Gasteiger partial charge < -0.3 is 9.29 Å². The van der Waals surface area contributed by atoms with Gasteiger partial charge in [-0.05, 0) is 18.2 Å². The SMILES string of the molecule is O=S(=O)([O-])c1cccc(O/C(F)=C(\F)C(F)(F)F)c1.[K+]. The molecule has 0 spiro atoms. The fourth-order valence-electron chi connectivity index (χ4n) is 0.953. The number of alkyl halides is 3. The van der Waals surface area contributed by atoms with Crippen LogP contribution in [0, 0.1) is 0 Å². The van der Waals surface area contributed by atoms with Crippen LogP contribution in [0.1, 0.15) is 0 Å². The first-order valence-electron chi connectivity index (χ1n) is 4.38. The van der Waals surface area contributed by atoms with E-state index in [9.17, 15) is 34.9 Å². The summed E-state index contributed by atoms with van der Waals surface area (Å²) in [4.78, 5) is -0.856. The minimum Gasteiger partial charge on any atom is -0.744 e. The molecule has 0 aliphatic carbocycles. The maximum atomic E-state index is 12.7. The van der Waals surface area contributed by atoms with Gasteiger partial charge >= 0.3 is 63.6 Å². The quantitative estimate of drug-likeness (QED) is 0.326. The maximum Gasteiger partial charge on any atom is 1.00 e. The Hall–Kier alpha value is -0.0436. The summed E-state index contributed by atoms with van der Waals surface area (Å²) in [5, 5.41) is 0. The summed E-state index contributed by atoms with van der Waals surface area (Å²) in [6.45, 7) is 0. The second-order valence-electron chi connectivity index (χ2n) is 3.12. The van der Waals surface area contributed by atoms with Crippen molar-refractivity contribution >= 4 is 10.1 Å². The zero-order chi connectivity index (χ0) is 14.8. The topological polar surface area (TPSA) is 66.4 Å². The van der Waals surface area contributed by atoms with Crippen LogP contribution in [-0.2, 0) is 10.1 Å². The standard InChI is InChI=1S/C9H5F5O4S.K/c10-7(9(12,13)14)8(11)18-5-2-1-3-6(4-5)19(15,16)17;/h1-4H,(H,15,16,17);/q;+1/p-1/b8-7-;. The van der Waals surface area contributed by atoms with Crippen molar-refractivity contribution < 1.29 is 91.0 Å². The monoisotopic (exact) mass is 342 g/mol. The third-order valence-corrected chi connectivity index (χ3v) is 2.55. The third kappa shape index (κ3) is 5.75. The summed E-state index contributed by atoms with van der Waals surface area (Å²) in [5.74, 6) is -3.88. The number of halogens is 5. The van der Waals surface area contributed by atoms with Crippen molar-refractivity contribution in [2.75, 3.05) is 0 Å². The second kappa shape index (κ2) is 7.29. The molecule has 4 nitrogen and oxygen atoms in total. The molecule has 0 heterocycles. The summed E-state index contributed by atoms with van der Waals surface area (Å²) in [7, 11) is -4.89. The number of hydrogen-bond donors (Lipinski definition) is 0. The van der Waals surface area contributed by atoms with Gasteiger partial charge in [-0.2, -0.15) is 22.0 Å². The third-order valence-electron chi connectivity index (χ3n) is 1.72. The molecule has 20 heavy (non-hydrogen) atoms. The van der Waals surface area contributed by atoms with Gasteiger partial charge in [-0.25, -0.2) is 8.42 Å². The minimum atomic E-state index is -5.58. The number of rotatable bonds is 3. The summed E-state index contributed by atoms with van der Waals surface area (Å²) >= 11 is 0. The van der Waals surface area contributed by atoms with Crippen LogP contribution in [0.4, 0.5) is 22.0 Å².